The minimum atomic E-state index is -0.459. The van der Waals surface area contributed by atoms with Crippen molar-refractivity contribution >= 4 is 11.6 Å². The number of aliphatic hydroxyl groups is 1. The van der Waals surface area contributed by atoms with Crippen LogP contribution >= 0.6 is 0 Å². The van der Waals surface area contributed by atoms with Gasteiger partial charge in [0, 0.05) is 37.4 Å². The number of rotatable bonds is 4. The number of carbonyl (C=O) groups is 1. The van der Waals surface area contributed by atoms with Gasteiger partial charge in [-0.1, -0.05) is 0 Å². The first-order chi connectivity index (χ1) is 10.0. The second kappa shape index (κ2) is 6.67. The Morgan fingerprint density at radius 1 is 1.52 bits per heavy atom. The molecule has 2 rings (SSSR count). The SMILES string of the molecule is Cc1cc([N+](=O)[O-])ccc1C(=O)N1CCCC(CCO)C1. The van der Waals surface area contributed by atoms with Crippen molar-refractivity contribution in [2.45, 2.75) is 26.2 Å². The van der Waals surface area contributed by atoms with Crippen LogP contribution in [0.1, 0.15) is 35.2 Å². The van der Waals surface area contributed by atoms with Crippen molar-refractivity contribution < 1.29 is 14.8 Å². The highest BCUT2D eigenvalue weighted by Gasteiger charge is 2.25. The number of nitro benzene ring substituents is 1. The van der Waals surface area contributed by atoms with Crippen LogP contribution in [-0.2, 0) is 0 Å². The molecule has 1 aliphatic heterocycles. The molecule has 21 heavy (non-hydrogen) atoms. The molecule has 1 aliphatic rings. The molecule has 1 aromatic carbocycles. The van der Waals surface area contributed by atoms with Crippen LogP contribution < -0.4 is 0 Å². The Morgan fingerprint density at radius 2 is 2.29 bits per heavy atom. The first-order valence-corrected chi connectivity index (χ1v) is 7.18. The number of nitrogens with zero attached hydrogens (tertiary/aromatic N) is 2. The zero-order valence-electron chi connectivity index (χ0n) is 12.1. The van der Waals surface area contributed by atoms with Gasteiger partial charge in [-0.15, -0.1) is 0 Å². The van der Waals surface area contributed by atoms with Crippen LogP contribution in [0.3, 0.4) is 0 Å². The second-order valence-electron chi connectivity index (χ2n) is 5.53. The number of likely N-dealkylation sites (tertiary alicyclic amines) is 1. The number of piperidine rings is 1. The zero-order chi connectivity index (χ0) is 15.4. The van der Waals surface area contributed by atoms with Crippen molar-refractivity contribution in [3.63, 3.8) is 0 Å². The first-order valence-electron chi connectivity index (χ1n) is 7.18. The maximum atomic E-state index is 12.5. The molecule has 1 amide bonds. The van der Waals surface area contributed by atoms with Crippen molar-refractivity contribution in [2.24, 2.45) is 5.92 Å². The maximum absolute atomic E-state index is 12.5. The van der Waals surface area contributed by atoms with E-state index in [0.29, 0.717) is 36.6 Å². The van der Waals surface area contributed by atoms with Gasteiger partial charge < -0.3 is 10.0 Å². The molecule has 0 radical (unpaired) electrons. The van der Waals surface area contributed by atoms with Crippen LogP contribution in [0.15, 0.2) is 18.2 Å². The summed E-state index contributed by atoms with van der Waals surface area (Å²) < 4.78 is 0. The summed E-state index contributed by atoms with van der Waals surface area (Å²) in [6.07, 6.45) is 2.68. The molecule has 1 N–H and O–H groups in total. The van der Waals surface area contributed by atoms with Crippen LogP contribution in [0.25, 0.3) is 0 Å². The number of hydrogen-bond donors (Lipinski definition) is 1. The number of nitro groups is 1. The Balaban J connectivity index is 2.14. The van der Waals surface area contributed by atoms with Gasteiger partial charge in [0.2, 0.25) is 0 Å². The van der Waals surface area contributed by atoms with Crippen LogP contribution in [0.4, 0.5) is 5.69 Å². The number of non-ortho nitro benzene ring substituents is 1. The summed E-state index contributed by atoms with van der Waals surface area (Å²) in [5.74, 6) is 0.260. The van der Waals surface area contributed by atoms with Crippen LogP contribution in [0, 0.1) is 23.0 Å². The number of benzene rings is 1. The van der Waals surface area contributed by atoms with Gasteiger partial charge in [0.15, 0.2) is 0 Å². The molecule has 114 valence electrons. The Hall–Kier alpha value is -1.95. The highest BCUT2D eigenvalue weighted by molar-refractivity contribution is 5.96. The van der Waals surface area contributed by atoms with E-state index in [4.69, 9.17) is 5.11 Å². The predicted octanol–water partition coefficient (Wildman–Crippen LogP) is 2.14. The lowest BCUT2D eigenvalue weighted by Crippen LogP contribution is -2.40. The van der Waals surface area contributed by atoms with Gasteiger partial charge in [0.05, 0.1) is 4.92 Å². The van der Waals surface area contributed by atoms with E-state index < -0.39 is 4.92 Å². The number of carbonyl (C=O) groups excluding carboxylic acids is 1. The molecule has 1 atom stereocenters. The van der Waals surface area contributed by atoms with E-state index in [1.54, 1.807) is 11.8 Å². The fourth-order valence-corrected chi connectivity index (χ4v) is 2.84. The third kappa shape index (κ3) is 3.58. The van der Waals surface area contributed by atoms with E-state index in [0.717, 1.165) is 12.8 Å². The van der Waals surface area contributed by atoms with E-state index >= 15 is 0 Å². The molecular weight excluding hydrogens is 272 g/mol. The minimum absolute atomic E-state index is 0.000788. The van der Waals surface area contributed by atoms with Gasteiger partial charge in [0.1, 0.15) is 0 Å². The summed E-state index contributed by atoms with van der Waals surface area (Å²) in [6.45, 7) is 3.21. The van der Waals surface area contributed by atoms with Crippen LogP contribution in [0.2, 0.25) is 0 Å². The molecule has 1 unspecified atom stereocenters. The maximum Gasteiger partial charge on any atom is 0.269 e. The third-order valence-corrected chi connectivity index (χ3v) is 3.99. The van der Waals surface area contributed by atoms with Gasteiger partial charge in [0.25, 0.3) is 11.6 Å². The summed E-state index contributed by atoms with van der Waals surface area (Å²) >= 11 is 0. The molecule has 1 heterocycles. The fourth-order valence-electron chi connectivity index (χ4n) is 2.84. The molecule has 1 aromatic rings. The third-order valence-electron chi connectivity index (χ3n) is 3.99. The molecule has 6 heteroatoms. The second-order valence-corrected chi connectivity index (χ2v) is 5.53. The summed E-state index contributed by atoms with van der Waals surface area (Å²) in [5, 5.41) is 19.8. The highest BCUT2D eigenvalue weighted by Crippen LogP contribution is 2.23. The zero-order valence-corrected chi connectivity index (χ0v) is 12.1. The minimum Gasteiger partial charge on any atom is -0.396 e. The van der Waals surface area contributed by atoms with Crippen LogP contribution in [-0.4, -0.2) is 40.5 Å². The van der Waals surface area contributed by atoms with E-state index in [9.17, 15) is 14.9 Å². The largest absolute Gasteiger partial charge is 0.396 e. The molecule has 0 saturated carbocycles. The van der Waals surface area contributed by atoms with E-state index in [1.165, 1.54) is 18.2 Å². The number of aryl methyl sites for hydroxylation is 1. The van der Waals surface area contributed by atoms with E-state index in [1.807, 2.05) is 0 Å². The first kappa shape index (κ1) is 15.4. The Morgan fingerprint density at radius 3 is 2.90 bits per heavy atom. The van der Waals surface area contributed by atoms with Crippen molar-refractivity contribution in [3.05, 3.63) is 39.4 Å². The summed E-state index contributed by atoms with van der Waals surface area (Å²) in [7, 11) is 0. The van der Waals surface area contributed by atoms with Crippen molar-refractivity contribution in [3.8, 4) is 0 Å². The Labute approximate surface area is 123 Å². The molecule has 0 aliphatic carbocycles. The van der Waals surface area contributed by atoms with Gasteiger partial charge in [-0.25, -0.2) is 0 Å². The number of hydrogen-bond acceptors (Lipinski definition) is 4. The molecule has 0 spiro atoms. The normalized spacial score (nSPS) is 18.6. The van der Waals surface area contributed by atoms with Gasteiger partial charge >= 0.3 is 0 Å². The molecule has 1 saturated heterocycles. The lowest BCUT2D eigenvalue weighted by atomic mass is 9.94. The monoisotopic (exact) mass is 292 g/mol. The van der Waals surface area contributed by atoms with Gasteiger partial charge in [-0.2, -0.15) is 0 Å². The topological polar surface area (TPSA) is 83.7 Å². The van der Waals surface area contributed by atoms with Crippen molar-refractivity contribution in [2.75, 3.05) is 19.7 Å². The standard InChI is InChI=1S/C15H20N2O4/c1-11-9-13(17(20)21)4-5-14(11)15(19)16-7-2-3-12(10-16)6-8-18/h4-5,9,12,18H,2-3,6-8,10H2,1H3. The molecule has 1 fully saturated rings. The Bertz CT molecular complexity index is 542. The molecular formula is C15H20N2O4. The van der Waals surface area contributed by atoms with E-state index in [-0.39, 0.29) is 18.2 Å². The van der Waals surface area contributed by atoms with Crippen molar-refractivity contribution in [1.82, 2.24) is 4.90 Å². The number of aliphatic hydroxyl groups excluding tert-OH is 1. The number of amides is 1. The quantitative estimate of drug-likeness (QED) is 0.680. The summed E-state index contributed by atoms with van der Waals surface area (Å²) in [5.41, 5.74) is 1.14. The fraction of sp³-hybridized carbons (Fsp3) is 0.533. The summed E-state index contributed by atoms with van der Waals surface area (Å²) in [4.78, 5) is 24.6. The molecule has 0 bridgehead atoms. The smallest absolute Gasteiger partial charge is 0.269 e. The lowest BCUT2D eigenvalue weighted by molar-refractivity contribution is -0.384. The predicted molar refractivity (Wildman–Crippen MR) is 78.2 cm³/mol. The van der Waals surface area contributed by atoms with Gasteiger partial charge in [-0.3, -0.25) is 14.9 Å². The highest BCUT2D eigenvalue weighted by atomic mass is 16.6. The average molecular weight is 292 g/mol. The average Bonchev–Trinajstić information content (AvgIpc) is 2.47. The summed E-state index contributed by atoms with van der Waals surface area (Å²) in [6, 6.07) is 4.34. The Kier molecular flexibility index (Phi) is 4.90. The van der Waals surface area contributed by atoms with E-state index in [2.05, 4.69) is 0 Å². The van der Waals surface area contributed by atoms with Gasteiger partial charge in [-0.05, 0) is 43.7 Å². The van der Waals surface area contributed by atoms with Crippen LogP contribution in [0.5, 0.6) is 0 Å². The molecule has 0 aromatic heterocycles. The van der Waals surface area contributed by atoms with Crippen molar-refractivity contribution in [1.29, 1.82) is 0 Å². The lowest BCUT2D eigenvalue weighted by Gasteiger charge is -2.33. The molecule has 6 nitrogen and oxygen atoms in total.